The van der Waals surface area contributed by atoms with E-state index in [-0.39, 0.29) is 16.7 Å². The van der Waals surface area contributed by atoms with Gasteiger partial charge in [0.15, 0.2) is 11.6 Å². The van der Waals surface area contributed by atoms with Crippen molar-refractivity contribution in [2.45, 2.75) is 39.0 Å². The first-order valence-electron chi connectivity index (χ1n) is 6.74. The number of rotatable bonds is 4. The molecule has 0 unspecified atom stereocenters. The van der Waals surface area contributed by atoms with Gasteiger partial charge < -0.3 is 5.32 Å². The van der Waals surface area contributed by atoms with Crippen molar-refractivity contribution in [3.05, 3.63) is 29.3 Å². The molecular weight excluding hydrogens is 246 g/mol. The molecule has 2 rings (SSSR count). The van der Waals surface area contributed by atoms with Gasteiger partial charge in [0.05, 0.1) is 11.3 Å². The van der Waals surface area contributed by atoms with Crippen molar-refractivity contribution >= 4 is 5.69 Å². The predicted molar refractivity (Wildman–Crippen MR) is 70.8 cm³/mol. The van der Waals surface area contributed by atoms with Crippen molar-refractivity contribution in [2.24, 2.45) is 5.41 Å². The maximum Gasteiger partial charge on any atom is 0.183 e. The van der Waals surface area contributed by atoms with E-state index in [9.17, 15) is 8.78 Å². The van der Waals surface area contributed by atoms with Crippen LogP contribution < -0.4 is 5.32 Å². The van der Waals surface area contributed by atoms with Crippen molar-refractivity contribution in [2.75, 3.05) is 11.9 Å². The molecule has 1 aliphatic rings. The molecule has 19 heavy (non-hydrogen) atoms. The van der Waals surface area contributed by atoms with Crippen molar-refractivity contribution in [3.8, 4) is 6.07 Å². The Balaban J connectivity index is 2.12. The Morgan fingerprint density at radius 3 is 2.53 bits per heavy atom. The van der Waals surface area contributed by atoms with Crippen LogP contribution in [0.3, 0.4) is 0 Å². The fourth-order valence-electron chi connectivity index (χ4n) is 2.84. The summed E-state index contributed by atoms with van der Waals surface area (Å²) in [5, 5.41) is 11.7. The van der Waals surface area contributed by atoms with E-state index >= 15 is 0 Å². The summed E-state index contributed by atoms with van der Waals surface area (Å²) < 4.78 is 27.3. The molecule has 0 bridgehead atoms. The van der Waals surface area contributed by atoms with E-state index in [2.05, 4.69) is 12.2 Å². The molecule has 1 N–H and O–H groups in total. The lowest BCUT2D eigenvalue weighted by Gasteiger charge is -2.28. The van der Waals surface area contributed by atoms with Crippen LogP contribution >= 0.6 is 0 Å². The first kappa shape index (κ1) is 13.8. The van der Waals surface area contributed by atoms with Gasteiger partial charge in [0.25, 0.3) is 0 Å². The third kappa shape index (κ3) is 2.70. The highest BCUT2D eigenvalue weighted by Crippen LogP contribution is 2.41. The molecule has 0 heterocycles. The van der Waals surface area contributed by atoms with Crippen molar-refractivity contribution in [3.63, 3.8) is 0 Å². The number of benzene rings is 1. The average Bonchev–Trinajstić information content (AvgIpc) is 2.90. The number of nitriles is 1. The van der Waals surface area contributed by atoms with Crippen LogP contribution in [0.5, 0.6) is 0 Å². The van der Waals surface area contributed by atoms with E-state index in [1.54, 1.807) is 6.07 Å². The lowest BCUT2D eigenvalue weighted by atomic mass is 9.83. The number of hydrogen-bond acceptors (Lipinski definition) is 2. The molecule has 4 heteroatoms. The molecule has 1 fully saturated rings. The second-order valence-corrected chi connectivity index (χ2v) is 5.31. The molecule has 102 valence electrons. The molecule has 0 aromatic heterocycles. The molecule has 1 aliphatic carbocycles. The predicted octanol–water partition coefficient (Wildman–Crippen LogP) is 4.22. The largest absolute Gasteiger partial charge is 0.382 e. The van der Waals surface area contributed by atoms with Crippen LogP contribution in [0.2, 0.25) is 0 Å². The van der Waals surface area contributed by atoms with Gasteiger partial charge in [-0.15, -0.1) is 0 Å². The van der Waals surface area contributed by atoms with Gasteiger partial charge in [-0.25, -0.2) is 8.78 Å². The van der Waals surface area contributed by atoms with E-state index < -0.39 is 11.6 Å². The van der Waals surface area contributed by atoms with Gasteiger partial charge in [-0.2, -0.15) is 5.26 Å². The Bertz CT molecular complexity index is 500. The normalized spacial score (nSPS) is 17.2. The molecule has 0 amide bonds. The van der Waals surface area contributed by atoms with Crippen LogP contribution in [0.25, 0.3) is 0 Å². The average molecular weight is 264 g/mol. The quantitative estimate of drug-likeness (QED) is 0.883. The Morgan fingerprint density at radius 1 is 1.26 bits per heavy atom. The Kier molecular flexibility index (Phi) is 4.04. The SMILES string of the molecule is CCC1(CNc2ccc(C#N)c(F)c2F)CCCC1. The fraction of sp³-hybridized carbons (Fsp3) is 0.533. The summed E-state index contributed by atoms with van der Waals surface area (Å²) >= 11 is 0. The zero-order valence-electron chi connectivity index (χ0n) is 11.1. The van der Waals surface area contributed by atoms with E-state index in [1.165, 1.54) is 25.0 Å². The Hall–Kier alpha value is -1.63. The topological polar surface area (TPSA) is 35.8 Å². The second-order valence-electron chi connectivity index (χ2n) is 5.31. The molecule has 0 radical (unpaired) electrons. The van der Waals surface area contributed by atoms with Gasteiger partial charge in [0, 0.05) is 6.54 Å². The molecule has 0 aliphatic heterocycles. The van der Waals surface area contributed by atoms with Gasteiger partial charge in [0.2, 0.25) is 0 Å². The fourth-order valence-corrected chi connectivity index (χ4v) is 2.84. The summed E-state index contributed by atoms with van der Waals surface area (Å²) in [6.45, 7) is 2.80. The van der Waals surface area contributed by atoms with Crippen LogP contribution in [-0.2, 0) is 0 Å². The third-order valence-electron chi connectivity index (χ3n) is 4.27. The summed E-state index contributed by atoms with van der Waals surface area (Å²) in [5.41, 5.74) is 0.0990. The van der Waals surface area contributed by atoms with Crippen LogP contribution in [0.1, 0.15) is 44.6 Å². The first-order chi connectivity index (χ1) is 9.12. The number of nitrogens with zero attached hydrogens (tertiary/aromatic N) is 1. The molecule has 2 nitrogen and oxygen atoms in total. The maximum absolute atomic E-state index is 13.8. The molecule has 0 spiro atoms. The highest BCUT2D eigenvalue weighted by Gasteiger charge is 2.32. The summed E-state index contributed by atoms with van der Waals surface area (Å²) in [4.78, 5) is 0. The number of hydrogen-bond donors (Lipinski definition) is 1. The molecule has 1 saturated carbocycles. The number of halogens is 2. The van der Waals surface area contributed by atoms with E-state index in [0.29, 0.717) is 6.54 Å². The summed E-state index contributed by atoms with van der Waals surface area (Å²) in [5.74, 6) is -2.02. The lowest BCUT2D eigenvalue weighted by molar-refractivity contribution is 0.306. The van der Waals surface area contributed by atoms with Gasteiger partial charge in [-0.1, -0.05) is 19.8 Å². The molecule has 1 aromatic rings. The molecular formula is C15H18F2N2. The third-order valence-corrected chi connectivity index (χ3v) is 4.27. The van der Waals surface area contributed by atoms with Gasteiger partial charge in [0.1, 0.15) is 6.07 Å². The summed E-state index contributed by atoms with van der Waals surface area (Å²) in [6, 6.07) is 4.39. The zero-order chi connectivity index (χ0) is 13.9. The molecule has 0 atom stereocenters. The van der Waals surface area contributed by atoms with Crippen molar-refractivity contribution < 1.29 is 8.78 Å². The molecule has 0 saturated heterocycles. The minimum Gasteiger partial charge on any atom is -0.382 e. The van der Waals surface area contributed by atoms with Crippen LogP contribution in [0.4, 0.5) is 14.5 Å². The highest BCUT2D eigenvalue weighted by molar-refractivity contribution is 5.49. The standard InChI is InChI=1S/C15H18F2N2/c1-2-15(7-3-4-8-15)10-19-12-6-5-11(9-18)13(16)14(12)17/h5-6,19H,2-4,7-8,10H2,1H3. The lowest BCUT2D eigenvalue weighted by Crippen LogP contribution is -2.26. The maximum atomic E-state index is 13.8. The minimum atomic E-state index is -1.07. The Labute approximate surface area is 112 Å². The Morgan fingerprint density at radius 2 is 1.95 bits per heavy atom. The second kappa shape index (κ2) is 5.56. The minimum absolute atomic E-state index is 0.149. The van der Waals surface area contributed by atoms with Crippen molar-refractivity contribution in [1.29, 1.82) is 5.26 Å². The number of anilines is 1. The van der Waals surface area contributed by atoms with Crippen LogP contribution in [0, 0.1) is 28.4 Å². The van der Waals surface area contributed by atoms with E-state index in [0.717, 1.165) is 19.3 Å². The van der Waals surface area contributed by atoms with Crippen LogP contribution in [-0.4, -0.2) is 6.54 Å². The summed E-state index contributed by atoms with van der Waals surface area (Å²) in [7, 11) is 0. The van der Waals surface area contributed by atoms with E-state index in [4.69, 9.17) is 5.26 Å². The van der Waals surface area contributed by atoms with E-state index in [1.807, 2.05) is 0 Å². The summed E-state index contributed by atoms with van der Waals surface area (Å²) in [6.07, 6.45) is 5.73. The smallest absolute Gasteiger partial charge is 0.183 e. The zero-order valence-corrected chi connectivity index (χ0v) is 11.1. The first-order valence-corrected chi connectivity index (χ1v) is 6.74. The number of nitrogens with one attached hydrogen (secondary N) is 1. The van der Waals surface area contributed by atoms with Gasteiger partial charge >= 0.3 is 0 Å². The molecule has 1 aromatic carbocycles. The van der Waals surface area contributed by atoms with Crippen LogP contribution in [0.15, 0.2) is 12.1 Å². The monoisotopic (exact) mass is 264 g/mol. The van der Waals surface area contributed by atoms with Crippen molar-refractivity contribution in [1.82, 2.24) is 0 Å². The van der Waals surface area contributed by atoms with Gasteiger partial charge in [-0.05, 0) is 36.8 Å². The highest BCUT2D eigenvalue weighted by atomic mass is 19.2. The van der Waals surface area contributed by atoms with Gasteiger partial charge in [-0.3, -0.25) is 0 Å².